The van der Waals surface area contributed by atoms with E-state index in [9.17, 15) is 4.79 Å². The summed E-state index contributed by atoms with van der Waals surface area (Å²) in [5, 5.41) is 3.59. The number of carbonyl (C=O) groups excluding carboxylic acids is 1. The Kier molecular flexibility index (Phi) is 2.96. The van der Waals surface area contributed by atoms with Crippen LogP contribution in [0, 0.1) is 0 Å². The zero-order chi connectivity index (χ0) is 11.4. The molecule has 0 unspecified atom stereocenters. The molecule has 16 heavy (non-hydrogen) atoms. The molecule has 0 spiro atoms. The van der Waals surface area contributed by atoms with Gasteiger partial charge >= 0.3 is 5.97 Å². The predicted octanol–water partition coefficient (Wildman–Crippen LogP) is 2.56. The smallest absolute Gasteiger partial charge is 0.312 e. The van der Waals surface area contributed by atoms with Crippen LogP contribution in [0.4, 0.5) is 0 Å². The maximum Gasteiger partial charge on any atom is 0.367 e. The largest absolute Gasteiger partial charge is 0.367 e. The summed E-state index contributed by atoms with van der Waals surface area (Å²) in [6.07, 6.45) is 5.45. The third-order valence-corrected chi connectivity index (χ3v) is 2.23. The third kappa shape index (κ3) is 2.25. The highest BCUT2D eigenvalue weighted by atomic mass is 16.7. The summed E-state index contributed by atoms with van der Waals surface area (Å²) in [7, 11) is 0. The van der Waals surface area contributed by atoms with Gasteiger partial charge < -0.3 is 4.84 Å². The number of allylic oxidation sites excluding steroid dienone is 2. The quantitative estimate of drug-likeness (QED) is 0.559. The standard InChI is InChI=1S/C13H11NO2/c1-10-12(13(15)16-14-10)9-5-8-11-6-3-2-4-7-11/h2-9H,1H3. The SMILES string of the molecule is CC1=NOC(=O)C1=CC=Cc1ccccc1. The Labute approximate surface area is 93.7 Å². The van der Waals surface area contributed by atoms with E-state index in [0.717, 1.165) is 5.56 Å². The van der Waals surface area contributed by atoms with E-state index in [4.69, 9.17) is 0 Å². The molecule has 1 aromatic rings. The molecule has 0 radical (unpaired) electrons. The molecule has 0 aromatic heterocycles. The summed E-state index contributed by atoms with van der Waals surface area (Å²) < 4.78 is 0. The van der Waals surface area contributed by atoms with Crippen LogP contribution in [-0.4, -0.2) is 11.7 Å². The highest BCUT2D eigenvalue weighted by molar-refractivity contribution is 6.21. The first kappa shape index (κ1) is 10.4. The topological polar surface area (TPSA) is 38.7 Å². The Morgan fingerprint density at radius 3 is 2.62 bits per heavy atom. The van der Waals surface area contributed by atoms with E-state index in [1.54, 1.807) is 13.0 Å². The van der Waals surface area contributed by atoms with Gasteiger partial charge in [0.1, 0.15) is 0 Å². The van der Waals surface area contributed by atoms with Gasteiger partial charge in [0, 0.05) is 0 Å². The summed E-state index contributed by atoms with van der Waals surface area (Å²) in [4.78, 5) is 15.7. The van der Waals surface area contributed by atoms with Crippen LogP contribution in [0.2, 0.25) is 0 Å². The van der Waals surface area contributed by atoms with Crippen molar-refractivity contribution < 1.29 is 9.63 Å². The Balaban J connectivity index is 2.12. The molecule has 1 aliphatic rings. The number of rotatable bonds is 2. The lowest BCUT2D eigenvalue weighted by atomic mass is 10.1. The van der Waals surface area contributed by atoms with Crippen molar-refractivity contribution in [1.29, 1.82) is 0 Å². The van der Waals surface area contributed by atoms with Crippen LogP contribution >= 0.6 is 0 Å². The fraction of sp³-hybridized carbons (Fsp3) is 0.0769. The van der Waals surface area contributed by atoms with Gasteiger partial charge in [-0.15, -0.1) is 0 Å². The first-order valence-corrected chi connectivity index (χ1v) is 4.97. The van der Waals surface area contributed by atoms with Crippen molar-refractivity contribution in [3.63, 3.8) is 0 Å². The van der Waals surface area contributed by atoms with Crippen molar-refractivity contribution in [1.82, 2.24) is 0 Å². The molecular weight excluding hydrogens is 202 g/mol. The van der Waals surface area contributed by atoms with Crippen molar-refractivity contribution >= 4 is 17.8 Å². The Hall–Kier alpha value is -2.16. The van der Waals surface area contributed by atoms with E-state index in [1.165, 1.54) is 0 Å². The van der Waals surface area contributed by atoms with Gasteiger partial charge in [-0.05, 0) is 18.6 Å². The molecule has 0 atom stereocenters. The zero-order valence-corrected chi connectivity index (χ0v) is 8.88. The van der Waals surface area contributed by atoms with E-state index in [1.807, 2.05) is 42.5 Å². The lowest BCUT2D eigenvalue weighted by molar-refractivity contribution is -0.136. The fourth-order valence-corrected chi connectivity index (χ4v) is 1.36. The van der Waals surface area contributed by atoms with E-state index < -0.39 is 5.97 Å². The van der Waals surface area contributed by atoms with Gasteiger partial charge in [-0.2, -0.15) is 0 Å². The summed E-state index contributed by atoms with van der Waals surface area (Å²) in [6, 6.07) is 9.86. The molecule has 2 rings (SSSR count). The van der Waals surface area contributed by atoms with Crippen LogP contribution < -0.4 is 0 Å². The van der Waals surface area contributed by atoms with E-state index in [0.29, 0.717) is 11.3 Å². The van der Waals surface area contributed by atoms with Crippen LogP contribution in [0.25, 0.3) is 6.08 Å². The molecule has 3 nitrogen and oxygen atoms in total. The van der Waals surface area contributed by atoms with Crippen molar-refractivity contribution in [2.75, 3.05) is 0 Å². The van der Waals surface area contributed by atoms with Gasteiger partial charge in [0.25, 0.3) is 0 Å². The van der Waals surface area contributed by atoms with Gasteiger partial charge in [-0.1, -0.05) is 47.6 Å². The zero-order valence-electron chi connectivity index (χ0n) is 8.88. The minimum absolute atomic E-state index is 0.393. The Morgan fingerprint density at radius 1 is 1.25 bits per heavy atom. The van der Waals surface area contributed by atoms with Gasteiger partial charge in [0.15, 0.2) is 0 Å². The number of oxime groups is 1. The molecule has 0 N–H and O–H groups in total. The first-order valence-electron chi connectivity index (χ1n) is 4.97. The van der Waals surface area contributed by atoms with Crippen molar-refractivity contribution in [3.05, 3.63) is 53.6 Å². The van der Waals surface area contributed by atoms with Crippen LogP contribution in [0.5, 0.6) is 0 Å². The monoisotopic (exact) mass is 213 g/mol. The minimum atomic E-state index is -0.393. The van der Waals surface area contributed by atoms with Crippen LogP contribution in [-0.2, 0) is 9.63 Å². The molecule has 80 valence electrons. The molecule has 1 aromatic carbocycles. The molecular formula is C13H11NO2. The number of benzene rings is 1. The maximum absolute atomic E-state index is 11.2. The summed E-state index contributed by atoms with van der Waals surface area (Å²) >= 11 is 0. The van der Waals surface area contributed by atoms with Crippen molar-refractivity contribution in [3.8, 4) is 0 Å². The summed E-state index contributed by atoms with van der Waals surface area (Å²) in [5.41, 5.74) is 2.20. The lowest BCUT2D eigenvalue weighted by Crippen LogP contribution is -2.01. The van der Waals surface area contributed by atoms with Gasteiger partial charge in [-0.25, -0.2) is 4.79 Å². The summed E-state index contributed by atoms with van der Waals surface area (Å²) in [6.45, 7) is 1.74. The number of carbonyl (C=O) groups is 1. The van der Waals surface area contributed by atoms with Gasteiger partial charge in [0.2, 0.25) is 0 Å². The highest BCUT2D eigenvalue weighted by Crippen LogP contribution is 2.11. The van der Waals surface area contributed by atoms with Crippen LogP contribution in [0.15, 0.2) is 53.2 Å². The molecule has 0 bridgehead atoms. The molecule has 0 saturated heterocycles. The highest BCUT2D eigenvalue weighted by Gasteiger charge is 2.20. The number of hydrogen-bond acceptors (Lipinski definition) is 3. The molecule has 0 amide bonds. The van der Waals surface area contributed by atoms with E-state index in [2.05, 4.69) is 9.99 Å². The second kappa shape index (κ2) is 4.57. The summed E-state index contributed by atoms with van der Waals surface area (Å²) in [5.74, 6) is -0.393. The average Bonchev–Trinajstić information content (AvgIpc) is 2.62. The van der Waals surface area contributed by atoms with Gasteiger partial charge in [-0.3, -0.25) is 0 Å². The fourth-order valence-electron chi connectivity index (χ4n) is 1.36. The van der Waals surface area contributed by atoms with Gasteiger partial charge in [0.05, 0.1) is 11.3 Å². The second-order valence-electron chi connectivity index (χ2n) is 3.41. The van der Waals surface area contributed by atoms with E-state index >= 15 is 0 Å². The molecule has 1 heterocycles. The lowest BCUT2D eigenvalue weighted by Gasteiger charge is -1.90. The average molecular weight is 213 g/mol. The Bertz CT molecular complexity index is 484. The van der Waals surface area contributed by atoms with Crippen molar-refractivity contribution in [2.24, 2.45) is 5.16 Å². The number of hydrogen-bond donors (Lipinski definition) is 0. The van der Waals surface area contributed by atoms with Crippen LogP contribution in [0.3, 0.4) is 0 Å². The third-order valence-electron chi connectivity index (χ3n) is 2.23. The molecule has 0 saturated carbocycles. The number of nitrogens with zero attached hydrogens (tertiary/aromatic N) is 1. The normalized spacial score (nSPS) is 17.9. The predicted molar refractivity (Wildman–Crippen MR) is 62.8 cm³/mol. The maximum atomic E-state index is 11.2. The van der Waals surface area contributed by atoms with E-state index in [-0.39, 0.29) is 0 Å². The second-order valence-corrected chi connectivity index (χ2v) is 3.41. The van der Waals surface area contributed by atoms with Crippen LogP contribution in [0.1, 0.15) is 12.5 Å². The first-order chi connectivity index (χ1) is 7.77. The molecule has 3 heteroatoms. The van der Waals surface area contributed by atoms with Crippen molar-refractivity contribution in [2.45, 2.75) is 6.92 Å². The molecule has 0 fully saturated rings. The Morgan fingerprint density at radius 2 is 2.00 bits per heavy atom. The molecule has 1 aliphatic heterocycles. The molecule has 0 aliphatic carbocycles. The minimum Gasteiger partial charge on any atom is -0.312 e.